The fourth-order valence-corrected chi connectivity index (χ4v) is 1.94. The van der Waals surface area contributed by atoms with E-state index in [1.165, 1.54) is 19.0 Å². The summed E-state index contributed by atoms with van der Waals surface area (Å²) in [5.74, 6) is -1.18. The van der Waals surface area contributed by atoms with E-state index in [1.54, 1.807) is 6.92 Å². The van der Waals surface area contributed by atoms with Gasteiger partial charge in [-0.15, -0.1) is 0 Å². The molecule has 0 bridgehead atoms. The Morgan fingerprint density at radius 1 is 1.26 bits per heavy atom. The van der Waals surface area contributed by atoms with E-state index in [4.69, 9.17) is 5.11 Å². The number of rotatable bonds is 8. The van der Waals surface area contributed by atoms with E-state index in [-0.39, 0.29) is 25.3 Å². The predicted octanol–water partition coefficient (Wildman–Crippen LogP) is -0.616. The molecule has 0 saturated carbocycles. The van der Waals surface area contributed by atoms with Crippen LogP contribution in [0.15, 0.2) is 0 Å². The Balaban J connectivity index is 4.18. The van der Waals surface area contributed by atoms with Crippen molar-refractivity contribution in [1.29, 1.82) is 0 Å². The van der Waals surface area contributed by atoms with Gasteiger partial charge in [0.2, 0.25) is 10.0 Å². The number of hydrogen-bond acceptors (Lipinski definition) is 4. The minimum Gasteiger partial charge on any atom is -0.481 e. The number of aliphatic carboxylic acids is 1. The SMILES string of the molecule is CCN(CCC(=O)O)C(=O)NCCS(=O)(=O)N(C)C. The second kappa shape index (κ2) is 7.95. The molecule has 0 aromatic rings. The molecule has 112 valence electrons. The van der Waals surface area contributed by atoms with Gasteiger partial charge < -0.3 is 15.3 Å². The summed E-state index contributed by atoms with van der Waals surface area (Å²) >= 11 is 0. The van der Waals surface area contributed by atoms with Crippen LogP contribution in [0.5, 0.6) is 0 Å². The van der Waals surface area contributed by atoms with Crippen LogP contribution in [0.3, 0.4) is 0 Å². The third-order valence-electron chi connectivity index (χ3n) is 2.46. The second-order valence-electron chi connectivity index (χ2n) is 4.05. The number of carbonyl (C=O) groups excluding carboxylic acids is 1. The molecule has 0 rings (SSSR count). The summed E-state index contributed by atoms with van der Waals surface area (Å²) in [7, 11) is -0.508. The van der Waals surface area contributed by atoms with E-state index < -0.39 is 22.0 Å². The maximum Gasteiger partial charge on any atom is 0.317 e. The highest BCUT2D eigenvalue weighted by atomic mass is 32.2. The van der Waals surface area contributed by atoms with E-state index in [0.29, 0.717) is 6.54 Å². The number of nitrogens with one attached hydrogen (secondary N) is 1. The molecule has 0 fully saturated rings. The molecular formula is C10H21N3O5S. The van der Waals surface area contributed by atoms with E-state index >= 15 is 0 Å². The Morgan fingerprint density at radius 2 is 1.84 bits per heavy atom. The molecule has 0 aromatic heterocycles. The van der Waals surface area contributed by atoms with Crippen LogP contribution >= 0.6 is 0 Å². The average Bonchev–Trinajstić information content (AvgIpc) is 2.28. The normalized spacial score (nSPS) is 11.4. The Kier molecular flexibility index (Phi) is 7.38. The molecule has 0 aliphatic heterocycles. The number of nitrogens with zero attached hydrogens (tertiary/aromatic N) is 2. The smallest absolute Gasteiger partial charge is 0.317 e. The van der Waals surface area contributed by atoms with E-state index in [0.717, 1.165) is 4.31 Å². The lowest BCUT2D eigenvalue weighted by Gasteiger charge is -2.20. The van der Waals surface area contributed by atoms with Crippen LogP contribution in [0.25, 0.3) is 0 Å². The molecule has 8 nitrogen and oxygen atoms in total. The van der Waals surface area contributed by atoms with Crippen LogP contribution in [0, 0.1) is 0 Å². The quantitative estimate of drug-likeness (QED) is 0.621. The lowest BCUT2D eigenvalue weighted by molar-refractivity contribution is -0.137. The zero-order valence-corrected chi connectivity index (χ0v) is 12.2. The molecule has 2 N–H and O–H groups in total. The Bertz CT molecular complexity index is 407. The van der Waals surface area contributed by atoms with Gasteiger partial charge in [-0.05, 0) is 6.92 Å². The monoisotopic (exact) mass is 295 g/mol. The summed E-state index contributed by atoms with van der Waals surface area (Å²) in [5, 5.41) is 11.0. The third kappa shape index (κ3) is 6.97. The second-order valence-corrected chi connectivity index (χ2v) is 6.36. The lowest BCUT2D eigenvalue weighted by atomic mass is 10.4. The molecule has 0 spiro atoms. The van der Waals surface area contributed by atoms with Crippen molar-refractivity contribution in [3.63, 3.8) is 0 Å². The highest BCUT2D eigenvalue weighted by molar-refractivity contribution is 7.89. The van der Waals surface area contributed by atoms with Gasteiger partial charge in [-0.1, -0.05) is 0 Å². The fourth-order valence-electron chi connectivity index (χ4n) is 1.22. The topological polar surface area (TPSA) is 107 Å². The Labute approximate surface area is 113 Å². The van der Waals surface area contributed by atoms with Crippen LogP contribution in [-0.4, -0.2) is 74.2 Å². The van der Waals surface area contributed by atoms with Crippen molar-refractivity contribution in [3.8, 4) is 0 Å². The van der Waals surface area contributed by atoms with Crippen molar-refractivity contribution in [2.24, 2.45) is 0 Å². The summed E-state index contributed by atoms with van der Waals surface area (Å²) in [4.78, 5) is 23.4. The molecule has 0 atom stereocenters. The van der Waals surface area contributed by atoms with Gasteiger partial charge in [0.25, 0.3) is 0 Å². The number of carboxylic acids is 1. The van der Waals surface area contributed by atoms with Gasteiger partial charge in [-0.3, -0.25) is 4.79 Å². The third-order valence-corrected chi connectivity index (χ3v) is 4.29. The Hall–Kier alpha value is -1.35. The average molecular weight is 295 g/mol. The highest BCUT2D eigenvalue weighted by Crippen LogP contribution is 1.95. The molecule has 0 aliphatic rings. The van der Waals surface area contributed by atoms with Gasteiger partial charge >= 0.3 is 12.0 Å². The first kappa shape index (κ1) is 17.6. The van der Waals surface area contributed by atoms with Gasteiger partial charge in [-0.2, -0.15) is 0 Å². The molecule has 0 heterocycles. The summed E-state index contributed by atoms with van der Waals surface area (Å²) < 4.78 is 24.0. The number of amides is 2. The number of sulfonamides is 1. The number of hydrogen-bond donors (Lipinski definition) is 2. The first-order valence-corrected chi connectivity index (χ1v) is 7.46. The van der Waals surface area contributed by atoms with Gasteiger partial charge in [-0.25, -0.2) is 17.5 Å². The van der Waals surface area contributed by atoms with Gasteiger partial charge in [0, 0.05) is 33.7 Å². The van der Waals surface area contributed by atoms with Crippen LogP contribution in [-0.2, 0) is 14.8 Å². The summed E-state index contributed by atoms with van der Waals surface area (Å²) in [6.45, 7) is 2.17. The van der Waals surface area contributed by atoms with Crippen LogP contribution in [0.2, 0.25) is 0 Å². The molecule has 0 unspecified atom stereocenters. The van der Waals surface area contributed by atoms with Crippen LogP contribution < -0.4 is 5.32 Å². The lowest BCUT2D eigenvalue weighted by Crippen LogP contribution is -2.43. The number of urea groups is 1. The van der Waals surface area contributed by atoms with Gasteiger partial charge in [0.1, 0.15) is 0 Å². The van der Waals surface area contributed by atoms with Crippen LogP contribution in [0.4, 0.5) is 4.79 Å². The molecule has 0 aliphatic carbocycles. The largest absolute Gasteiger partial charge is 0.481 e. The van der Waals surface area contributed by atoms with Crippen molar-refractivity contribution in [1.82, 2.24) is 14.5 Å². The fraction of sp³-hybridized carbons (Fsp3) is 0.800. The van der Waals surface area contributed by atoms with Gasteiger partial charge in [0.15, 0.2) is 0 Å². The summed E-state index contributed by atoms with van der Waals surface area (Å²) in [6.07, 6.45) is -0.142. The predicted molar refractivity (Wildman–Crippen MR) is 70.4 cm³/mol. The molecule has 2 amide bonds. The van der Waals surface area contributed by atoms with Crippen molar-refractivity contribution in [2.75, 3.05) is 39.5 Å². The Morgan fingerprint density at radius 3 is 2.26 bits per heavy atom. The molecule has 9 heteroatoms. The standard InChI is InChI=1S/C10H21N3O5S/c1-4-13(7-5-9(14)15)10(16)11-6-8-19(17,18)12(2)3/h4-8H2,1-3H3,(H,11,16)(H,14,15). The van der Waals surface area contributed by atoms with Crippen molar-refractivity contribution >= 4 is 22.0 Å². The maximum atomic E-state index is 11.7. The zero-order chi connectivity index (χ0) is 15.1. The van der Waals surface area contributed by atoms with E-state index in [9.17, 15) is 18.0 Å². The molecule has 0 radical (unpaired) electrons. The van der Waals surface area contributed by atoms with Crippen LogP contribution in [0.1, 0.15) is 13.3 Å². The first-order chi connectivity index (χ1) is 8.70. The molecule has 19 heavy (non-hydrogen) atoms. The molecule has 0 aromatic carbocycles. The maximum absolute atomic E-state index is 11.7. The molecule has 0 saturated heterocycles. The minimum atomic E-state index is -3.35. The first-order valence-electron chi connectivity index (χ1n) is 5.85. The minimum absolute atomic E-state index is 0.0110. The number of carboxylic acid groups (broad SMARTS) is 1. The van der Waals surface area contributed by atoms with Crippen molar-refractivity contribution < 1.29 is 23.1 Å². The van der Waals surface area contributed by atoms with Gasteiger partial charge in [0.05, 0.1) is 12.2 Å². The van der Waals surface area contributed by atoms with Crippen molar-refractivity contribution in [3.05, 3.63) is 0 Å². The van der Waals surface area contributed by atoms with E-state index in [2.05, 4.69) is 5.32 Å². The summed E-state index contributed by atoms with van der Waals surface area (Å²) in [5.41, 5.74) is 0. The highest BCUT2D eigenvalue weighted by Gasteiger charge is 2.16. The zero-order valence-electron chi connectivity index (χ0n) is 11.4. The van der Waals surface area contributed by atoms with E-state index in [1.807, 2.05) is 0 Å². The number of carbonyl (C=O) groups is 2. The summed E-state index contributed by atoms with van der Waals surface area (Å²) in [6, 6.07) is -0.460. The van der Waals surface area contributed by atoms with Crippen molar-refractivity contribution in [2.45, 2.75) is 13.3 Å². The molecular weight excluding hydrogens is 274 g/mol.